The second-order valence-corrected chi connectivity index (χ2v) is 8.31. The van der Waals surface area contributed by atoms with E-state index in [2.05, 4.69) is 43.6 Å². The summed E-state index contributed by atoms with van der Waals surface area (Å²) in [7, 11) is 0. The minimum absolute atomic E-state index is 0.302. The minimum atomic E-state index is 0.302. The van der Waals surface area contributed by atoms with Crippen LogP contribution in [0.15, 0.2) is 42.8 Å². The van der Waals surface area contributed by atoms with Crippen molar-refractivity contribution in [2.24, 2.45) is 5.92 Å². The topological polar surface area (TPSA) is 12.0 Å². The summed E-state index contributed by atoms with van der Waals surface area (Å²) in [6.07, 6.45) is 11.4. The molecular formula is C23H32ClN. The van der Waals surface area contributed by atoms with Crippen molar-refractivity contribution in [1.29, 1.82) is 0 Å². The Morgan fingerprint density at radius 3 is 2.36 bits per heavy atom. The van der Waals surface area contributed by atoms with Gasteiger partial charge in [0.25, 0.3) is 0 Å². The highest BCUT2D eigenvalue weighted by molar-refractivity contribution is 6.32. The largest absolute Gasteiger partial charge is 0.363 e. The Labute approximate surface area is 158 Å². The fourth-order valence-electron chi connectivity index (χ4n) is 4.68. The molecule has 1 aliphatic carbocycles. The predicted octanol–water partition coefficient (Wildman–Crippen LogP) is 7.30. The summed E-state index contributed by atoms with van der Waals surface area (Å²) in [6.45, 7) is 10.6. The lowest BCUT2D eigenvalue weighted by molar-refractivity contribution is 0.350. The van der Waals surface area contributed by atoms with Crippen LogP contribution in [-0.2, 0) is 0 Å². The van der Waals surface area contributed by atoms with Crippen LogP contribution in [0.1, 0.15) is 87.7 Å². The van der Waals surface area contributed by atoms with Crippen LogP contribution < -0.4 is 5.32 Å². The molecule has 0 aromatic heterocycles. The van der Waals surface area contributed by atoms with E-state index < -0.39 is 0 Å². The first kappa shape index (κ1) is 18.6. The lowest BCUT2D eigenvalue weighted by Crippen LogP contribution is -2.23. The molecule has 0 spiro atoms. The van der Waals surface area contributed by atoms with Crippen molar-refractivity contribution in [2.45, 2.75) is 76.5 Å². The molecule has 1 aromatic rings. The molecule has 1 atom stereocenters. The molecule has 1 aromatic carbocycles. The van der Waals surface area contributed by atoms with Crippen molar-refractivity contribution in [3.05, 3.63) is 58.9 Å². The van der Waals surface area contributed by atoms with E-state index in [9.17, 15) is 0 Å². The Hall–Kier alpha value is -1.21. The van der Waals surface area contributed by atoms with Gasteiger partial charge in [-0.3, -0.25) is 0 Å². The number of benzene rings is 1. The predicted molar refractivity (Wildman–Crippen MR) is 109 cm³/mol. The van der Waals surface area contributed by atoms with Gasteiger partial charge in [-0.15, -0.1) is 0 Å². The quantitative estimate of drug-likeness (QED) is 0.598. The van der Waals surface area contributed by atoms with E-state index in [1.165, 1.54) is 56.1 Å². The number of rotatable bonds is 3. The van der Waals surface area contributed by atoms with Crippen molar-refractivity contribution in [3.8, 4) is 0 Å². The number of nitrogens with one attached hydrogen (secondary N) is 1. The second kappa shape index (κ2) is 8.45. The number of allylic oxidation sites excluding steroid dienone is 2. The molecule has 1 saturated carbocycles. The zero-order chi connectivity index (χ0) is 17.8. The Morgan fingerprint density at radius 2 is 1.72 bits per heavy atom. The molecular weight excluding hydrogens is 326 g/mol. The van der Waals surface area contributed by atoms with Crippen molar-refractivity contribution in [2.75, 3.05) is 0 Å². The lowest BCUT2D eigenvalue weighted by atomic mass is 9.80. The third-order valence-corrected chi connectivity index (χ3v) is 6.71. The van der Waals surface area contributed by atoms with Crippen LogP contribution in [-0.4, -0.2) is 0 Å². The van der Waals surface area contributed by atoms with Gasteiger partial charge in [-0.05, 0) is 48.6 Å². The van der Waals surface area contributed by atoms with Gasteiger partial charge in [-0.2, -0.15) is 0 Å². The summed E-state index contributed by atoms with van der Waals surface area (Å²) in [5.74, 6) is 1.86. The monoisotopic (exact) mass is 357 g/mol. The van der Waals surface area contributed by atoms with E-state index in [1.807, 2.05) is 0 Å². The van der Waals surface area contributed by atoms with E-state index in [-0.39, 0.29) is 0 Å². The number of hydrogen-bond donors (Lipinski definition) is 1. The normalized spacial score (nSPS) is 28.2. The molecule has 0 radical (unpaired) electrons. The van der Waals surface area contributed by atoms with E-state index >= 15 is 0 Å². The molecule has 1 aliphatic heterocycles. The Balaban J connectivity index is 1.79. The van der Waals surface area contributed by atoms with Crippen LogP contribution in [0.3, 0.4) is 0 Å². The first-order valence-electron chi connectivity index (χ1n) is 10.0. The molecule has 2 heteroatoms. The first-order valence-corrected chi connectivity index (χ1v) is 10.4. The maximum Gasteiger partial charge on any atom is 0.0479 e. The molecule has 1 heterocycles. The van der Waals surface area contributed by atoms with Crippen LogP contribution in [0.25, 0.3) is 0 Å². The third kappa shape index (κ3) is 4.31. The van der Waals surface area contributed by atoms with Crippen molar-refractivity contribution < 1.29 is 0 Å². The van der Waals surface area contributed by atoms with Gasteiger partial charge in [0.2, 0.25) is 0 Å². The average Bonchev–Trinajstić information content (AvgIpc) is 2.56. The Bertz CT molecular complexity index is 623. The van der Waals surface area contributed by atoms with E-state index in [0.717, 1.165) is 35.2 Å². The van der Waals surface area contributed by atoms with Crippen LogP contribution in [0, 0.1) is 5.92 Å². The third-order valence-electron chi connectivity index (χ3n) is 6.27. The summed E-state index contributed by atoms with van der Waals surface area (Å²) in [4.78, 5) is 0. The second-order valence-electron chi connectivity index (χ2n) is 7.93. The summed E-state index contributed by atoms with van der Waals surface area (Å²) in [6, 6.07) is 6.64. The molecule has 1 saturated heterocycles. The van der Waals surface area contributed by atoms with Crippen molar-refractivity contribution >= 4 is 11.6 Å². The fraction of sp³-hybridized carbons (Fsp3) is 0.565. The molecule has 1 nitrogen and oxygen atoms in total. The Morgan fingerprint density at radius 1 is 1.04 bits per heavy atom. The van der Waals surface area contributed by atoms with Crippen LogP contribution in [0.2, 0.25) is 5.02 Å². The van der Waals surface area contributed by atoms with Crippen LogP contribution >= 0.6 is 11.6 Å². The summed E-state index contributed by atoms with van der Waals surface area (Å²) < 4.78 is 0. The maximum atomic E-state index is 6.94. The summed E-state index contributed by atoms with van der Waals surface area (Å²) >= 11 is 6.94. The highest BCUT2D eigenvalue weighted by Gasteiger charge is 2.26. The zero-order valence-corrected chi connectivity index (χ0v) is 16.4. The smallest absolute Gasteiger partial charge is 0.0479 e. The van der Waals surface area contributed by atoms with E-state index in [4.69, 9.17) is 11.6 Å². The maximum absolute atomic E-state index is 6.94. The van der Waals surface area contributed by atoms with Crippen LogP contribution in [0.5, 0.6) is 0 Å². The fourth-order valence-corrected chi connectivity index (χ4v) is 5.09. The van der Waals surface area contributed by atoms with Gasteiger partial charge in [-0.1, -0.05) is 82.0 Å². The summed E-state index contributed by atoms with van der Waals surface area (Å²) in [5.41, 5.74) is 4.72. The van der Waals surface area contributed by atoms with Gasteiger partial charge in [-0.25, -0.2) is 0 Å². The molecule has 3 rings (SSSR count). The van der Waals surface area contributed by atoms with Gasteiger partial charge in [0, 0.05) is 22.3 Å². The first-order chi connectivity index (χ1) is 12.1. The van der Waals surface area contributed by atoms with E-state index in [1.54, 1.807) is 0 Å². The lowest BCUT2D eigenvalue weighted by Gasteiger charge is -2.30. The molecule has 1 unspecified atom stereocenters. The van der Waals surface area contributed by atoms with E-state index in [0.29, 0.717) is 11.8 Å². The van der Waals surface area contributed by atoms with Gasteiger partial charge in [0.05, 0.1) is 0 Å². The molecule has 2 fully saturated rings. The molecule has 0 bridgehead atoms. The minimum Gasteiger partial charge on any atom is -0.363 e. The molecule has 136 valence electrons. The van der Waals surface area contributed by atoms with Crippen molar-refractivity contribution in [1.82, 2.24) is 5.32 Å². The highest BCUT2D eigenvalue weighted by Crippen LogP contribution is 2.42. The standard InChI is InChI=1S/C23H32ClN/c1-4-18-8-5-10-19(11-6-9-18)21-12-7-13-22(23(21)24)20-15-14-16(2)25-17(20)3/h7,12-13,18-20,25H,2-6,8-11,14-15H2,1H3. The molecule has 1 N–H and O–H groups in total. The molecule has 2 aliphatic rings. The number of hydrogen-bond acceptors (Lipinski definition) is 1. The molecule has 25 heavy (non-hydrogen) atoms. The number of halogens is 1. The van der Waals surface area contributed by atoms with Gasteiger partial charge in [0.1, 0.15) is 0 Å². The van der Waals surface area contributed by atoms with Gasteiger partial charge in [0.15, 0.2) is 0 Å². The average molecular weight is 358 g/mol. The van der Waals surface area contributed by atoms with Gasteiger partial charge >= 0.3 is 0 Å². The highest BCUT2D eigenvalue weighted by atomic mass is 35.5. The zero-order valence-electron chi connectivity index (χ0n) is 15.6. The van der Waals surface area contributed by atoms with Crippen molar-refractivity contribution in [3.63, 3.8) is 0 Å². The SMILES string of the molecule is C=C1CCC(c2cccc(C3CCCC(CC)CCC3)c2Cl)C(=C)N1. The molecule has 0 amide bonds. The Kier molecular flexibility index (Phi) is 6.28. The van der Waals surface area contributed by atoms with Gasteiger partial charge < -0.3 is 5.32 Å². The number of piperidine rings is 1. The summed E-state index contributed by atoms with van der Waals surface area (Å²) in [5, 5.41) is 4.32. The van der Waals surface area contributed by atoms with Crippen LogP contribution in [0.4, 0.5) is 0 Å².